The first-order valence-electron chi connectivity index (χ1n) is 5.39. The summed E-state index contributed by atoms with van der Waals surface area (Å²) in [6.45, 7) is -0.179. The first-order valence-corrected chi connectivity index (χ1v) is 7.37. The molecule has 1 aromatic rings. The van der Waals surface area contributed by atoms with E-state index in [4.69, 9.17) is 11.6 Å². The van der Waals surface area contributed by atoms with Crippen molar-refractivity contribution in [1.29, 1.82) is 0 Å². The van der Waals surface area contributed by atoms with Crippen molar-refractivity contribution < 1.29 is 17.2 Å². The van der Waals surface area contributed by atoms with Gasteiger partial charge < -0.3 is 0 Å². The smallest absolute Gasteiger partial charge is 0.212 e. The van der Waals surface area contributed by atoms with Gasteiger partial charge in [0.2, 0.25) is 16.4 Å². The van der Waals surface area contributed by atoms with Crippen LogP contribution < -0.4 is 0 Å². The molecular weight excluding hydrogens is 284 g/mol. The zero-order valence-corrected chi connectivity index (χ0v) is 11.0. The third kappa shape index (κ3) is 2.99. The molecule has 3 nitrogen and oxygen atoms in total. The van der Waals surface area contributed by atoms with E-state index in [1.807, 2.05) is 0 Å². The van der Waals surface area contributed by atoms with E-state index in [-0.39, 0.29) is 18.8 Å². The highest BCUT2D eigenvalue weighted by Crippen LogP contribution is 2.26. The van der Waals surface area contributed by atoms with Crippen molar-refractivity contribution >= 4 is 21.6 Å². The number of hydrogen-bond acceptors (Lipinski definition) is 2. The van der Waals surface area contributed by atoms with E-state index in [0.29, 0.717) is 10.6 Å². The monoisotopic (exact) mass is 295 g/mol. The molecule has 0 spiro atoms. The zero-order chi connectivity index (χ0) is 13.3. The van der Waals surface area contributed by atoms with Gasteiger partial charge in [-0.25, -0.2) is 21.5 Å². The van der Waals surface area contributed by atoms with Crippen LogP contribution in [-0.2, 0) is 15.8 Å². The molecule has 0 atom stereocenters. The van der Waals surface area contributed by atoms with Crippen LogP contribution in [0.4, 0.5) is 8.78 Å². The average molecular weight is 296 g/mol. The highest BCUT2D eigenvalue weighted by atomic mass is 35.5. The lowest BCUT2D eigenvalue weighted by atomic mass is 10.1. The lowest BCUT2D eigenvalue weighted by molar-refractivity contribution is 0.0123. The van der Waals surface area contributed by atoms with Gasteiger partial charge in [-0.15, -0.1) is 0 Å². The fraction of sp³-hybridized carbons (Fsp3) is 0.455. The number of halogens is 3. The third-order valence-corrected chi connectivity index (χ3v) is 4.92. The Morgan fingerprint density at radius 2 is 1.83 bits per heavy atom. The molecule has 1 heterocycles. The largest absolute Gasteiger partial charge is 0.243 e. The summed E-state index contributed by atoms with van der Waals surface area (Å²) < 4.78 is 49.4. The predicted octanol–water partition coefficient (Wildman–Crippen LogP) is 2.37. The zero-order valence-electron chi connectivity index (χ0n) is 9.39. The van der Waals surface area contributed by atoms with Crippen LogP contribution in [0.5, 0.6) is 0 Å². The summed E-state index contributed by atoms with van der Waals surface area (Å²) in [5, 5.41) is 0.526. The molecule has 0 amide bonds. The molecule has 18 heavy (non-hydrogen) atoms. The number of sulfonamides is 1. The number of nitrogens with zero attached hydrogens (tertiary/aromatic N) is 1. The molecule has 0 bridgehead atoms. The summed E-state index contributed by atoms with van der Waals surface area (Å²) in [5.41, 5.74) is 0.597. The SMILES string of the molecule is O=S(=O)(Cc1ccc(Cl)cc1)N1CC(C(F)F)C1. The van der Waals surface area contributed by atoms with Crippen LogP contribution in [0.25, 0.3) is 0 Å². The Kier molecular flexibility index (Phi) is 3.89. The van der Waals surface area contributed by atoms with E-state index in [1.165, 1.54) is 0 Å². The average Bonchev–Trinajstić information content (AvgIpc) is 2.17. The molecule has 2 rings (SSSR count). The van der Waals surface area contributed by atoms with Crippen LogP contribution in [-0.4, -0.2) is 32.2 Å². The van der Waals surface area contributed by atoms with Crippen LogP contribution in [0.3, 0.4) is 0 Å². The van der Waals surface area contributed by atoms with Crippen LogP contribution in [0.2, 0.25) is 5.02 Å². The van der Waals surface area contributed by atoms with Gasteiger partial charge in [0.25, 0.3) is 0 Å². The van der Waals surface area contributed by atoms with Gasteiger partial charge in [0, 0.05) is 24.0 Å². The maximum atomic E-state index is 12.3. The third-order valence-electron chi connectivity index (χ3n) is 2.89. The van der Waals surface area contributed by atoms with Crippen molar-refractivity contribution in [3.05, 3.63) is 34.9 Å². The highest BCUT2D eigenvalue weighted by molar-refractivity contribution is 7.88. The summed E-state index contributed by atoms with van der Waals surface area (Å²) in [7, 11) is -3.50. The molecule has 1 fully saturated rings. The van der Waals surface area contributed by atoms with Crippen molar-refractivity contribution in [2.24, 2.45) is 5.92 Å². The summed E-state index contributed by atoms with van der Waals surface area (Å²) >= 11 is 5.69. The molecule has 1 aliphatic rings. The maximum Gasteiger partial charge on any atom is 0.243 e. The standard InChI is InChI=1S/C11H12ClF2NO2S/c12-10-3-1-8(2-4-10)7-18(16,17)15-5-9(6-15)11(13)14/h1-4,9,11H,5-7H2. The number of rotatable bonds is 4. The quantitative estimate of drug-likeness (QED) is 0.855. The molecular formula is C11H12ClF2NO2S. The first kappa shape index (κ1) is 13.7. The Morgan fingerprint density at radius 1 is 1.28 bits per heavy atom. The van der Waals surface area contributed by atoms with Gasteiger partial charge in [-0.05, 0) is 17.7 Å². The van der Waals surface area contributed by atoms with Gasteiger partial charge in [-0.1, -0.05) is 23.7 Å². The molecule has 7 heteroatoms. The lowest BCUT2D eigenvalue weighted by Gasteiger charge is -2.37. The molecule has 0 unspecified atom stereocenters. The summed E-state index contributed by atoms with van der Waals surface area (Å²) in [6.07, 6.45) is -2.45. The second-order valence-corrected chi connectivity index (χ2v) is 6.70. The maximum absolute atomic E-state index is 12.3. The second-order valence-electron chi connectivity index (χ2n) is 4.29. The van der Waals surface area contributed by atoms with Gasteiger partial charge in [-0.3, -0.25) is 0 Å². The number of alkyl halides is 2. The molecule has 0 radical (unpaired) electrons. The van der Waals surface area contributed by atoms with Gasteiger partial charge in [0.15, 0.2) is 0 Å². The van der Waals surface area contributed by atoms with E-state index in [2.05, 4.69) is 0 Å². The van der Waals surface area contributed by atoms with Crippen LogP contribution in [0.1, 0.15) is 5.56 Å². The minimum Gasteiger partial charge on any atom is -0.212 e. The fourth-order valence-corrected chi connectivity index (χ4v) is 3.50. The topological polar surface area (TPSA) is 37.4 Å². The van der Waals surface area contributed by atoms with Crippen molar-refractivity contribution in [1.82, 2.24) is 4.31 Å². The Morgan fingerprint density at radius 3 is 2.33 bits per heavy atom. The van der Waals surface area contributed by atoms with Gasteiger partial charge in [-0.2, -0.15) is 0 Å². The van der Waals surface area contributed by atoms with E-state index >= 15 is 0 Å². The van der Waals surface area contributed by atoms with Crippen LogP contribution in [0, 0.1) is 5.92 Å². The van der Waals surface area contributed by atoms with E-state index in [0.717, 1.165) is 4.31 Å². The van der Waals surface area contributed by atoms with Crippen molar-refractivity contribution in [2.45, 2.75) is 12.2 Å². The van der Waals surface area contributed by atoms with E-state index < -0.39 is 22.4 Å². The van der Waals surface area contributed by atoms with Crippen LogP contribution in [0.15, 0.2) is 24.3 Å². The van der Waals surface area contributed by atoms with Gasteiger partial charge >= 0.3 is 0 Å². The minimum absolute atomic E-state index is 0.0897. The summed E-state index contributed by atoms with van der Waals surface area (Å²) in [6, 6.07) is 6.43. The molecule has 1 saturated heterocycles. The fourth-order valence-electron chi connectivity index (χ4n) is 1.74. The van der Waals surface area contributed by atoms with Crippen LogP contribution >= 0.6 is 11.6 Å². The van der Waals surface area contributed by atoms with Crippen molar-refractivity contribution in [3.8, 4) is 0 Å². The normalized spacial score (nSPS) is 18.0. The Labute approximate surface area is 109 Å². The molecule has 0 aliphatic carbocycles. The van der Waals surface area contributed by atoms with Gasteiger partial charge in [0.05, 0.1) is 5.75 Å². The molecule has 0 saturated carbocycles. The second kappa shape index (κ2) is 5.11. The van der Waals surface area contributed by atoms with Crippen molar-refractivity contribution in [3.63, 3.8) is 0 Å². The molecule has 0 N–H and O–H groups in total. The Hall–Kier alpha value is -0.720. The van der Waals surface area contributed by atoms with E-state index in [1.54, 1.807) is 24.3 Å². The van der Waals surface area contributed by atoms with E-state index in [9.17, 15) is 17.2 Å². The molecule has 100 valence electrons. The predicted molar refractivity (Wildman–Crippen MR) is 65.1 cm³/mol. The lowest BCUT2D eigenvalue weighted by Crippen LogP contribution is -2.52. The molecule has 1 aromatic carbocycles. The minimum atomic E-state index is -3.50. The summed E-state index contributed by atoms with van der Waals surface area (Å²) in [5.74, 6) is -1.01. The van der Waals surface area contributed by atoms with Gasteiger partial charge in [0.1, 0.15) is 0 Å². The molecule has 0 aromatic heterocycles. The van der Waals surface area contributed by atoms with Crippen molar-refractivity contribution in [2.75, 3.05) is 13.1 Å². The number of benzene rings is 1. The Balaban J connectivity index is 1.99. The molecule has 1 aliphatic heterocycles. The Bertz CT molecular complexity index is 512. The summed E-state index contributed by atoms with van der Waals surface area (Å²) in [4.78, 5) is 0. The number of hydrogen-bond donors (Lipinski definition) is 0. The highest BCUT2D eigenvalue weighted by Gasteiger charge is 2.40. The first-order chi connectivity index (χ1) is 8.38.